The molecule has 0 rings (SSSR count). The first-order valence-electron chi connectivity index (χ1n) is 6.27. The van der Waals surface area contributed by atoms with Gasteiger partial charge in [0.2, 0.25) is 0 Å². The topological polar surface area (TPSA) is 30.5 Å². The molecule has 0 aromatic carbocycles. The number of unbranched alkanes of at least 4 members (excludes halogenated alkanes) is 1. The Bertz CT molecular complexity index is 128. The van der Waals surface area contributed by atoms with Gasteiger partial charge in [-0.2, -0.15) is 0 Å². The molecule has 0 aliphatic heterocycles. The first-order valence-corrected chi connectivity index (χ1v) is 8.29. The van der Waals surface area contributed by atoms with Gasteiger partial charge in [0, 0.05) is 19.3 Å². The Hall–Kier alpha value is 0.0969. The summed E-state index contributed by atoms with van der Waals surface area (Å²) in [7, 11) is -2.08. The predicted molar refractivity (Wildman–Crippen MR) is 67.0 cm³/mol. The van der Waals surface area contributed by atoms with Gasteiger partial charge in [0.05, 0.1) is 0 Å². The van der Waals surface area contributed by atoms with Crippen LogP contribution in [0.15, 0.2) is 0 Å². The molecule has 0 aromatic heterocycles. The van der Waals surface area contributed by atoms with Crippen molar-refractivity contribution in [3.63, 3.8) is 0 Å². The molecule has 0 amide bonds. The van der Waals surface area contributed by atoms with E-state index < -0.39 is 8.72 Å². The molecule has 3 nitrogen and oxygen atoms in total. The molecule has 0 aliphatic rings. The molecule has 0 bridgehead atoms. The molecule has 0 fully saturated rings. The lowest BCUT2D eigenvalue weighted by atomic mass is 10.3. The number of nitrogens with one attached hydrogen (secondary N) is 1. The van der Waals surface area contributed by atoms with E-state index in [2.05, 4.69) is 18.8 Å². The molecule has 0 unspecified atom stereocenters. The van der Waals surface area contributed by atoms with Crippen molar-refractivity contribution in [1.82, 2.24) is 4.98 Å². The van der Waals surface area contributed by atoms with Crippen LogP contribution in [0.1, 0.15) is 47.0 Å². The van der Waals surface area contributed by atoms with Crippen LogP contribution in [0.3, 0.4) is 0 Å². The molecule has 0 saturated carbocycles. The minimum atomic E-state index is -2.08. The third-order valence-corrected chi connectivity index (χ3v) is 5.72. The Morgan fingerprint density at radius 1 is 0.933 bits per heavy atom. The van der Waals surface area contributed by atoms with Crippen molar-refractivity contribution in [2.45, 2.75) is 53.0 Å². The van der Waals surface area contributed by atoms with E-state index >= 15 is 0 Å². The number of hydrogen-bond donors (Lipinski definition) is 1. The molecule has 0 spiro atoms. The monoisotopic (exact) mass is 233 g/mol. The van der Waals surface area contributed by atoms with E-state index in [0.717, 1.165) is 32.2 Å². The molecule has 15 heavy (non-hydrogen) atoms. The first-order chi connectivity index (χ1) is 7.24. The maximum Gasteiger partial charge on any atom is 0.425 e. The zero-order chi connectivity index (χ0) is 11.6. The summed E-state index contributed by atoms with van der Waals surface area (Å²) in [4.78, 5) is 3.53. The zero-order valence-corrected chi connectivity index (χ0v) is 11.8. The van der Waals surface area contributed by atoms with Gasteiger partial charge in [0.1, 0.15) is 0 Å². The Kier molecular flexibility index (Phi) is 9.39. The zero-order valence-electron chi connectivity index (χ0n) is 10.8. The minimum Gasteiger partial charge on any atom is -0.383 e. The molecule has 0 heterocycles. The van der Waals surface area contributed by atoms with Crippen molar-refractivity contribution >= 4 is 8.72 Å². The summed E-state index contributed by atoms with van der Waals surface area (Å²) < 4.78 is 11.7. The average Bonchev–Trinajstić information content (AvgIpc) is 2.19. The van der Waals surface area contributed by atoms with Crippen molar-refractivity contribution in [2.24, 2.45) is 0 Å². The van der Waals surface area contributed by atoms with E-state index in [1.54, 1.807) is 0 Å². The molecular weight excluding hydrogens is 206 g/mol. The van der Waals surface area contributed by atoms with Gasteiger partial charge in [0.25, 0.3) is 0 Å². The summed E-state index contributed by atoms with van der Waals surface area (Å²) in [6, 6.07) is 1.04. The number of hydrogen-bond acceptors (Lipinski definition) is 3. The van der Waals surface area contributed by atoms with Gasteiger partial charge < -0.3 is 8.85 Å². The van der Waals surface area contributed by atoms with Gasteiger partial charge in [-0.25, -0.2) is 0 Å². The highest BCUT2D eigenvalue weighted by Crippen LogP contribution is 2.13. The molecular formula is C11H27NO2Si. The van der Waals surface area contributed by atoms with Gasteiger partial charge in [0.15, 0.2) is 0 Å². The lowest BCUT2D eigenvalue weighted by molar-refractivity contribution is 0.170. The fourth-order valence-corrected chi connectivity index (χ4v) is 4.53. The Morgan fingerprint density at radius 2 is 1.53 bits per heavy atom. The van der Waals surface area contributed by atoms with Crippen LogP contribution in [0.2, 0.25) is 6.04 Å². The molecule has 0 aromatic rings. The van der Waals surface area contributed by atoms with Crippen LogP contribution in [0.25, 0.3) is 0 Å². The van der Waals surface area contributed by atoms with Crippen LogP contribution in [-0.4, -0.2) is 28.5 Å². The Morgan fingerprint density at radius 3 is 1.93 bits per heavy atom. The van der Waals surface area contributed by atoms with Crippen molar-refractivity contribution in [1.29, 1.82) is 0 Å². The van der Waals surface area contributed by atoms with Gasteiger partial charge in [-0.15, -0.1) is 0 Å². The summed E-state index contributed by atoms with van der Waals surface area (Å²) in [5, 5.41) is 0. The second-order valence-electron chi connectivity index (χ2n) is 3.65. The second-order valence-corrected chi connectivity index (χ2v) is 6.59. The molecule has 0 saturated heterocycles. The van der Waals surface area contributed by atoms with Gasteiger partial charge in [-0.1, -0.05) is 26.7 Å². The smallest absolute Gasteiger partial charge is 0.383 e. The Balaban J connectivity index is 4.18. The van der Waals surface area contributed by atoms with E-state index in [9.17, 15) is 0 Å². The van der Waals surface area contributed by atoms with Crippen LogP contribution in [0.4, 0.5) is 0 Å². The largest absolute Gasteiger partial charge is 0.425 e. The van der Waals surface area contributed by atoms with Gasteiger partial charge in [-0.05, 0) is 26.8 Å². The minimum absolute atomic E-state index is 0.741. The summed E-state index contributed by atoms with van der Waals surface area (Å²) in [5.74, 6) is 0. The highest BCUT2D eigenvalue weighted by molar-refractivity contribution is 6.64. The van der Waals surface area contributed by atoms with Crippen LogP contribution >= 0.6 is 0 Å². The molecule has 0 atom stereocenters. The maximum absolute atomic E-state index is 5.86. The van der Waals surface area contributed by atoms with Crippen LogP contribution in [0.5, 0.6) is 0 Å². The van der Waals surface area contributed by atoms with Gasteiger partial charge in [-0.3, -0.25) is 4.98 Å². The SMILES string of the molecule is CCCCN[Si](CCC)(OCC)OCC. The molecule has 4 heteroatoms. The second kappa shape index (κ2) is 9.33. The molecule has 0 radical (unpaired) electrons. The summed E-state index contributed by atoms with van der Waals surface area (Å²) in [5.41, 5.74) is 0. The van der Waals surface area contributed by atoms with Crippen molar-refractivity contribution in [2.75, 3.05) is 19.8 Å². The van der Waals surface area contributed by atoms with Crippen molar-refractivity contribution < 1.29 is 8.85 Å². The molecule has 0 aliphatic carbocycles. The summed E-state index contributed by atoms with van der Waals surface area (Å²) >= 11 is 0. The van der Waals surface area contributed by atoms with Crippen LogP contribution in [0, 0.1) is 0 Å². The fourth-order valence-electron chi connectivity index (χ4n) is 1.63. The third-order valence-electron chi connectivity index (χ3n) is 2.26. The number of rotatable bonds is 10. The summed E-state index contributed by atoms with van der Waals surface area (Å²) in [6.45, 7) is 11.0. The van der Waals surface area contributed by atoms with E-state index in [0.29, 0.717) is 0 Å². The first kappa shape index (κ1) is 15.1. The predicted octanol–water partition coefficient (Wildman–Crippen LogP) is 2.80. The highest BCUT2D eigenvalue weighted by atomic mass is 28.4. The fraction of sp³-hybridized carbons (Fsp3) is 1.00. The molecule has 1 N–H and O–H groups in total. The van der Waals surface area contributed by atoms with Crippen molar-refractivity contribution in [3.05, 3.63) is 0 Å². The van der Waals surface area contributed by atoms with Gasteiger partial charge >= 0.3 is 8.72 Å². The lowest BCUT2D eigenvalue weighted by Gasteiger charge is -2.30. The van der Waals surface area contributed by atoms with Crippen LogP contribution < -0.4 is 4.98 Å². The highest BCUT2D eigenvalue weighted by Gasteiger charge is 2.36. The standard InChI is InChI=1S/C11H27NO2Si/c1-5-9-10-12-15(11-6-2,13-7-3)14-8-4/h12H,5-11H2,1-4H3. The van der Waals surface area contributed by atoms with E-state index in [1.807, 2.05) is 13.8 Å². The third kappa shape index (κ3) is 6.30. The maximum atomic E-state index is 5.86. The molecule has 92 valence electrons. The van der Waals surface area contributed by atoms with Crippen LogP contribution in [-0.2, 0) is 8.85 Å². The average molecular weight is 233 g/mol. The van der Waals surface area contributed by atoms with E-state index in [-0.39, 0.29) is 0 Å². The van der Waals surface area contributed by atoms with Crippen molar-refractivity contribution in [3.8, 4) is 0 Å². The summed E-state index contributed by atoms with van der Waals surface area (Å²) in [6.07, 6.45) is 3.52. The Labute approximate surface area is 95.9 Å². The normalized spacial score (nSPS) is 12.0. The van der Waals surface area contributed by atoms with E-state index in [1.165, 1.54) is 12.8 Å². The quantitative estimate of drug-likeness (QED) is 0.465. The lowest BCUT2D eigenvalue weighted by Crippen LogP contribution is -2.56. The van der Waals surface area contributed by atoms with E-state index in [4.69, 9.17) is 8.85 Å².